The summed E-state index contributed by atoms with van der Waals surface area (Å²) in [5, 5.41) is 0. The molecule has 8 heteroatoms. The fourth-order valence-electron chi connectivity index (χ4n) is 3.68. The van der Waals surface area contributed by atoms with Gasteiger partial charge in [-0.1, -0.05) is 0 Å². The number of quaternary nitrogens is 2. The Labute approximate surface area is 220 Å². The van der Waals surface area contributed by atoms with E-state index >= 15 is 0 Å². The average Bonchev–Trinajstić information content (AvgIpc) is 2.59. The Balaban J connectivity index is -0.00000364. The number of carbonyl (C=O) groups is 2. The predicted octanol–water partition coefficient (Wildman–Crippen LogP) is -3.56. The third-order valence-electron chi connectivity index (χ3n) is 5.64. The van der Waals surface area contributed by atoms with Gasteiger partial charge in [0.15, 0.2) is 13.1 Å². The molecular weight excluding hydrogens is 606 g/mol. The third-order valence-corrected chi connectivity index (χ3v) is 5.64. The minimum Gasteiger partial charge on any atom is -1.00 e. The molecule has 0 N–H and O–H groups in total. The van der Waals surface area contributed by atoms with Crippen molar-refractivity contribution in [3.63, 3.8) is 0 Å². The normalized spacial score (nSPS) is 11.3. The SMILES string of the molecule is CCN(CC)C(=O)C[N+](C)(C)CCCCCC[N+](C)(C)CC(=O)N(CC)CC.[I-].[I-]. The maximum absolute atomic E-state index is 12.3. The molecular formula is C22H48I2N4O2. The van der Waals surface area contributed by atoms with Crippen molar-refractivity contribution in [1.29, 1.82) is 0 Å². The van der Waals surface area contributed by atoms with Crippen LogP contribution in [-0.2, 0) is 9.59 Å². The number of unbranched alkanes of at least 4 members (excludes halogenated alkanes) is 3. The number of hydrogen-bond acceptors (Lipinski definition) is 2. The van der Waals surface area contributed by atoms with Crippen LogP contribution in [0, 0.1) is 0 Å². The monoisotopic (exact) mass is 654 g/mol. The van der Waals surface area contributed by atoms with Crippen LogP contribution < -0.4 is 48.0 Å². The molecule has 0 aliphatic carbocycles. The van der Waals surface area contributed by atoms with Gasteiger partial charge in [-0.2, -0.15) is 0 Å². The second-order valence-electron chi connectivity index (χ2n) is 9.18. The van der Waals surface area contributed by atoms with Gasteiger partial charge in [-0.3, -0.25) is 9.59 Å². The van der Waals surface area contributed by atoms with Gasteiger partial charge in [0.1, 0.15) is 0 Å². The van der Waals surface area contributed by atoms with E-state index in [1.165, 1.54) is 12.8 Å². The first-order chi connectivity index (χ1) is 13.0. The summed E-state index contributed by atoms with van der Waals surface area (Å²) in [5.41, 5.74) is 0. The Morgan fingerprint density at radius 2 is 0.833 bits per heavy atom. The van der Waals surface area contributed by atoms with E-state index in [0.717, 1.165) is 61.1 Å². The Morgan fingerprint density at radius 1 is 0.567 bits per heavy atom. The molecule has 30 heavy (non-hydrogen) atoms. The zero-order chi connectivity index (χ0) is 21.8. The molecule has 0 heterocycles. The molecule has 0 aliphatic heterocycles. The summed E-state index contributed by atoms with van der Waals surface area (Å²) in [6.45, 7) is 14.6. The highest BCUT2D eigenvalue weighted by Crippen LogP contribution is 2.09. The molecule has 0 rings (SSSR count). The van der Waals surface area contributed by atoms with Gasteiger partial charge in [0.2, 0.25) is 0 Å². The van der Waals surface area contributed by atoms with E-state index in [4.69, 9.17) is 0 Å². The number of amides is 2. The summed E-state index contributed by atoms with van der Waals surface area (Å²) < 4.78 is 1.52. The standard InChI is InChI=1S/C22H48N4O2.2HI/c1-9-23(10-2)21(27)19-25(5,6)17-15-13-14-16-18-26(7,8)20-22(28)24(11-3)12-4;;/h9-20H2,1-8H3;2*1H/q+2;;/p-2. The van der Waals surface area contributed by atoms with E-state index in [2.05, 4.69) is 28.2 Å². The average molecular weight is 654 g/mol. The van der Waals surface area contributed by atoms with E-state index < -0.39 is 0 Å². The molecule has 0 radical (unpaired) electrons. The Kier molecular flexibility index (Phi) is 20.8. The van der Waals surface area contributed by atoms with Crippen LogP contribution >= 0.6 is 0 Å². The van der Waals surface area contributed by atoms with Crippen LogP contribution in [0.5, 0.6) is 0 Å². The number of nitrogens with zero attached hydrogens (tertiary/aromatic N) is 4. The lowest BCUT2D eigenvalue weighted by molar-refractivity contribution is -0.883. The summed E-state index contributed by atoms with van der Waals surface area (Å²) in [6, 6.07) is 0. The van der Waals surface area contributed by atoms with Gasteiger partial charge in [0.05, 0.1) is 41.3 Å². The highest BCUT2D eigenvalue weighted by molar-refractivity contribution is 5.77. The van der Waals surface area contributed by atoms with Crippen molar-refractivity contribution in [2.24, 2.45) is 0 Å². The van der Waals surface area contributed by atoms with Gasteiger partial charge in [0, 0.05) is 26.2 Å². The molecule has 0 saturated heterocycles. The lowest BCUT2D eigenvalue weighted by Crippen LogP contribution is -3.00. The molecule has 0 aromatic carbocycles. The highest BCUT2D eigenvalue weighted by Gasteiger charge is 2.24. The van der Waals surface area contributed by atoms with E-state index in [1.54, 1.807) is 0 Å². The summed E-state index contributed by atoms with van der Waals surface area (Å²) in [4.78, 5) is 28.5. The first-order valence-corrected chi connectivity index (χ1v) is 11.2. The molecule has 0 bridgehead atoms. The van der Waals surface area contributed by atoms with Crippen molar-refractivity contribution < 1.29 is 66.5 Å². The molecule has 0 aromatic rings. The fraction of sp³-hybridized carbons (Fsp3) is 0.909. The van der Waals surface area contributed by atoms with Crippen LogP contribution in [-0.4, -0.2) is 111 Å². The molecule has 182 valence electrons. The molecule has 2 amide bonds. The van der Waals surface area contributed by atoms with Gasteiger partial charge in [-0.25, -0.2) is 0 Å². The molecule has 0 unspecified atom stereocenters. The largest absolute Gasteiger partial charge is 1.00 e. The number of rotatable bonds is 15. The van der Waals surface area contributed by atoms with Crippen LogP contribution in [0.15, 0.2) is 0 Å². The van der Waals surface area contributed by atoms with Crippen LogP contribution in [0.3, 0.4) is 0 Å². The summed E-state index contributed by atoms with van der Waals surface area (Å²) in [6.07, 6.45) is 4.66. The van der Waals surface area contributed by atoms with E-state index in [0.29, 0.717) is 13.1 Å². The van der Waals surface area contributed by atoms with Crippen LogP contribution in [0.2, 0.25) is 0 Å². The smallest absolute Gasteiger partial charge is 0.277 e. The Hall–Kier alpha value is 0.320. The Morgan fingerprint density at radius 3 is 1.07 bits per heavy atom. The topological polar surface area (TPSA) is 40.6 Å². The van der Waals surface area contributed by atoms with Crippen molar-refractivity contribution >= 4 is 11.8 Å². The van der Waals surface area contributed by atoms with Crippen molar-refractivity contribution in [2.45, 2.75) is 53.4 Å². The first-order valence-electron chi connectivity index (χ1n) is 11.2. The van der Waals surface area contributed by atoms with E-state index in [9.17, 15) is 9.59 Å². The predicted molar refractivity (Wildman–Crippen MR) is 118 cm³/mol. The van der Waals surface area contributed by atoms with Gasteiger partial charge in [-0.15, -0.1) is 0 Å². The molecule has 0 saturated carbocycles. The van der Waals surface area contributed by atoms with Crippen molar-refractivity contribution in [1.82, 2.24) is 9.80 Å². The van der Waals surface area contributed by atoms with E-state index in [1.807, 2.05) is 37.5 Å². The molecule has 0 spiro atoms. The molecule has 6 nitrogen and oxygen atoms in total. The zero-order valence-electron chi connectivity index (χ0n) is 20.8. The lowest BCUT2D eigenvalue weighted by atomic mass is 10.1. The molecule has 0 aliphatic rings. The summed E-state index contributed by atoms with van der Waals surface area (Å²) >= 11 is 0. The fourth-order valence-corrected chi connectivity index (χ4v) is 3.68. The van der Waals surface area contributed by atoms with Gasteiger partial charge in [0.25, 0.3) is 11.8 Å². The van der Waals surface area contributed by atoms with Crippen LogP contribution in [0.1, 0.15) is 53.4 Å². The zero-order valence-corrected chi connectivity index (χ0v) is 25.2. The lowest BCUT2D eigenvalue weighted by Gasteiger charge is -2.32. The molecule has 0 fully saturated rings. The second kappa shape index (κ2) is 17.8. The highest BCUT2D eigenvalue weighted by atomic mass is 127. The van der Waals surface area contributed by atoms with Crippen molar-refractivity contribution in [3.8, 4) is 0 Å². The van der Waals surface area contributed by atoms with Gasteiger partial charge < -0.3 is 66.7 Å². The molecule has 0 atom stereocenters. The maximum Gasteiger partial charge on any atom is 0.277 e. The van der Waals surface area contributed by atoms with Crippen molar-refractivity contribution in [3.05, 3.63) is 0 Å². The minimum atomic E-state index is 0. The first kappa shape index (κ1) is 34.9. The number of hydrogen-bond donors (Lipinski definition) is 0. The van der Waals surface area contributed by atoms with Crippen molar-refractivity contribution in [2.75, 3.05) is 80.5 Å². The Bertz CT molecular complexity index is 424. The minimum absolute atomic E-state index is 0. The van der Waals surface area contributed by atoms with E-state index in [-0.39, 0.29) is 59.8 Å². The maximum atomic E-state index is 12.3. The molecule has 0 aromatic heterocycles. The van der Waals surface area contributed by atoms with Crippen LogP contribution in [0.25, 0.3) is 0 Å². The number of carbonyl (C=O) groups excluding carboxylic acids is 2. The third kappa shape index (κ3) is 15.2. The number of likely N-dealkylation sites (N-methyl/N-ethyl adjacent to an activating group) is 4. The number of halogens is 2. The second-order valence-corrected chi connectivity index (χ2v) is 9.18. The van der Waals surface area contributed by atoms with Gasteiger partial charge >= 0.3 is 0 Å². The summed E-state index contributed by atoms with van der Waals surface area (Å²) in [5.74, 6) is 0.513. The van der Waals surface area contributed by atoms with Gasteiger partial charge in [-0.05, 0) is 53.4 Å². The van der Waals surface area contributed by atoms with Crippen LogP contribution in [0.4, 0.5) is 0 Å². The quantitative estimate of drug-likeness (QED) is 0.104. The summed E-state index contributed by atoms with van der Waals surface area (Å²) in [7, 11) is 8.61.